The van der Waals surface area contributed by atoms with Crippen molar-refractivity contribution in [2.45, 2.75) is 24.7 Å². The quantitative estimate of drug-likeness (QED) is 0.891. The van der Waals surface area contributed by atoms with Crippen LogP contribution in [0, 0.1) is 0 Å². The van der Waals surface area contributed by atoms with Crippen LogP contribution in [-0.2, 0) is 14.8 Å². The molecule has 0 atom stereocenters. The number of benzene rings is 2. The summed E-state index contributed by atoms with van der Waals surface area (Å²) in [6, 6.07) is 11.5. The van der Waals surface area contributed by atoms with Gasteiger partial charge in [-0.05, 0) is 41.8 Å². The van der Waals surface area contributed by atoms with Crippen LogP contribution < -0.4 is 14.8 Å². The van der Waals surface area contributed by atoms with Crippen LogP contribution in [0.2, 0.25) is 0 Å². The minimum Gasteiger partial charge on any atom is -0.482 e. The number of hydrogen-bond acceptors (Lipinski definition) is 4. The number of sulfonamides is 1. The molecule has 1 heterocycles. The van der Waals surface area contributed by atoms with Gasteiger partial charge in [-0.2, -0.15) is 0 Å². The Labute approximate surface area is 140 Å². The lowest BCUT2D eigenvalue weighted by Gasteiger charge is -2.19. The van der Waals surface area contributed by atoms with Crippen molar-refractivity contribution in [2.75, 3.05) is 16.6 Å². The predicted octanol–water partition coefficient (Wildman–Crippen LogP) is 2.94. The molecule has 0 saturated heterocycles. The van der Waals surface area contributed by atoms with Crippen molar-refractivity contribution in [3.05, 3.63) is 48.0 Å². The lowest BCUT2D eigenvalue weighted by molar-refractivity contribution is -0.118. The second kappa shape index (κ2) is 6.16. The molecule has 2 aromatic rings. The van der Waals surface area contributed by atoms with Gasteiger partial charge in [0.2, 0.25) is 0 Å². The van der Waals surface area contributed by atoms with E-state index in [4.69, 9.17) is 4.74 Å². The largest absolute Gasteiger partial charge is 0.482 e. The van der Waals surface area contributed by atoms with Crippen LogP contribution in [0.3, 0.4) is 0 Å². The molecule has 0 aliphatic carbocycles. The standard InChI is InChI=1S/C17H18N2O4S/c1-11(2)12-3-6-14(7-4-12)24(21,22)19-13-5-8-16-15(9-13)18-17(20)10-23-16/h3-9,11,19H,10H2,1-2H3,(H,18,20). The molecule has 24 heavy (non-hydrogen) atoms. The lowest BCUT2D eigenvalue weighted by atomic mass is 10.0. The molecule has 0 fully saturated rings. The number of amides is 1. The molecule has 6 nitrogen and oxygen atoms in total. The first kappa shape index (κ1) is 16.3. The SMILES string of the molecule is CC(C)c1ccc(S(=O)(=O)Nc2ccc3c(c2)NC(=O)CO3)cc1. The molecule has 126 valence electrons. The number of nitrogens with one attached hydrogen (secondary N) is 2. The smallest absolute Gasteiger partial charge is 0.262 e. The molecular formula is C17H18N2O4S. The van der Waals surface area contributed by atoms with Gasteiger partial charge >= 0.3 is 0 Å². The maximum Gasteiger partial charge on any atom is 0.262 e. The van der Waals surface area contributed by atoms with Gasteiger partial charge in [-0.1, -0.05) is 26.0 Å². The monoisotopic (exact) mass is 346 g/mol. The summed E-state index contributed by atoms with van der Waals surface area (Å²) in [5.41, 5.74) is 1.87. The molecule has 1 aliphatic rings. The summed E-state index contributed by atoms with van der Waals surface area (Å²) in [6.45, 7) is 4.05. The minimum absolute atomic E-state index is 0.0414. The highest BCUT2D eigenvalue weighted by atomic mass is 32.2. The van der Waals surface area contributed by atoms with Gasteiger partial charge in [0.15, 0.2) is 6.61 Å². The molecule has 0 saturated carbocycles. The van der Waals surface area contributed by atoms with Gasteiger partial charge in [-0.15, -0.1) is 0 Å². The Morgan fingerprint density at radius 1 is 1.12 bits per heavy atom. The van der Waals surface area contributed by atoms with Crippen LogP contribution in [0.1, 0.15) is 25.3 Å². The van der Waals surface area contributed by atoms with Crippen LogP contribution in [-0.4, -0.2) is 20.9 Å². The van der Waals surface area contributed by atoms with Crippen molar-refractivity contribution in [1.29, 1.82) is 0 Å². The average Bonchev–Trinajstić information content (AvgIpc) is 2.54. The van der Waals surface area contributed by atoms with Gasteiger partial charge in [0, 0.05) is 0 Å². The second-order valence-corrected chi connectivity index (χ2v) is 7.56. The summed E-state index contributed by atoms with van der Waals surface area (Å²) in [4.78, 5) is 11.5. The number of fused-ring (bicyclic) bond motifs is 1. The minimum atomic E-state index is -3.70. The molecule has 0 spiro atoms. The zero-order chi connectivity index (χ0) is 17.3. The summed E-state index contributed by atoms with van der Waals surface area (Å²) in [5.74, 6) is 0.574. The molecule has 2 aromatic carbocycles. The van der Waals surface area contributed by atoms with Gasteiger partial charge in [0.25, 0.3) is 15.9 Å². The summed E-state index contributed by atoms with van der Waals surface area (Å²) >= 11 is 0. The number of carbonyl (C=O) groups excluding carboxylic acids is 1. The van der Waals surface area contributed by atoms with Crippen molar-refractivity contribution in [2.24, 2.45) is 0 Å². The number of anilines is 2. The highest BCUT2D eigenvalue weighted by Gasteiger charge is 2.19. The maximum atomic E-state index is 12.5. The summed E-state index contributed by atoms with van der Waals surface area (Å²) < 4.78 is 32.7. The van der Waals surface area contributed by atoms with E-state index in [9.17, 15) is 13.2 Å². The first-order chi connectivity index (χ1) is 11.3. The number of carbonyl (C=O) groups is 1. The normalized spacial score (nSPS) is 13.9. The first-order valence-corrected chi connectivity index (χ1v) is 9.03. The number of rotatable bonds is 4. The Kier molecular flexibility index (Phi) is 4.19. The second-order valence-electron chi connectivity index (χ2n) is 5.88. The van der Waals surface area contributed by atoms with Crippen molar-refractivity contribution in [3.8, 4) is 5.75 Å². The molecule has 0 aromatic heterocycles. The Morgan fingerprint density at radius 3 is 2.50 bits per heavy atom. The van der Waals surface area contributed by atoms with Crippen LogP contribution >= 0.6 is 0 Å². The first-order valence-electron chi connectivity index (χ1n) is 7.54. The molecule has 7 heteroatoms. The summed E-state index contributed by atoms with van der Waals surface area (Å²) in [7, 11) is -3.70. The maximum absolute atomic E-state index is 12.5. The van der Waals surface area contributed by atoms with E-state index in [1.165, 1.54) is 6.07 Å². The van der Waals surface area contributed by atoms with Gasteiger partial charge in [0.1, 0.15) is 5.75 Å². The molecule has 0 unspecified atom stereocenters. The van der Waals surface area contributed by atoms with Gasteiger partial charge in [-0.25, -0.2) is 8.42 Å². The summed E-state index contributed by atoms with van der Waals surface area (Å²) in [6.07, 6.45) is 0. The van der Waals surface area contributed by atoms with Gasteiger partial charge in [0.05, 0.1) is 16.3 Å². The fraction of sp³-hybridized carbons (Fsp3) is 0.235. The van der Waals surface area contributed by atoms with E-state index in [1.54, 1.807) is 36.4 Å². The zero-order valence-electron chi connectivity index (χ0n) is 13.4. The van der Waals surface area contributed by atoms with E-state index in [1.807, 2.05) is 13.8 Å². The van der Waals surface area contributed by atoms with Crippen LogP contribution in [0.25, 0.3) is 0 Å². The van der Waals surface area contributed by atoms with E-state index in [-0.39, 0.29) is 17.4 Å². The number of hydrogen-bond donors (Lipinski definition) is 2. The highest BCUT2D eigenvalue weighted by molar-refractivity contribution is 7.92. The Hall–Kier alpha value is -2.54. The Morgan fingerprint density at radius 2 is 1.83 bits per heavy atom. The molecule has 1 amide bonds. The van der Waals surface area contributed by atoms with E-state index in [0.29, 0.717) is 23.0 Å². The fourth-order valence-electron chi connectivity index (χ4n) is 2.39. The Bertz CT molecular complexity index is 874. The van der Waals surface area contributed by atoms with E-state index in [0.717, 1.165) is 5.56 Å². The molecule has 0 radical (unpaired) electrons. The fourth-order valence-corrected chi connectivity index (χ4v) is 3.44. The molecule has 2 N–H and O–H groups in total. The summed E-state index contributed by atoms with van der Waals surface area (Å²) in [5, 5.41) is 2.65. The van der Waals surface area contributed by atoms with Gasteiger partial charge in [-0.3, -0.25) is 9.52 Å². The van der Waals surface area contributed by atoms with Crippen molar-refractivity contribution < 1.29 is 17.9 Å². The van der Waals surface area contributed by atoms with Crippen molar-refractivity contribution in [1.82, 2.24) is 0 Å². The third-order valence-corrected chi connectivity index (χ3v) is 5.12. The van der Waals surface area contributed by atoms with Crippen LogP contribution in [0.5, 0.6) is 5.75 Å². The van der Waals surface area contributed by atoms with E-state index < -0.39 is 10.0 Å². The third-order valence-electron chi connectivity index (χ3n) is 3.72. The predicted molar refractivity (Wildman–Crippen MR) is 91.9 cm³/mol. The Balaban J connectivity index is 1.84. The van der Waals surface area contributed by atoms with E-state index >= 15 is 0 Å². The molecule has 1 aliphatic heterocycles. The van der Waals surface area contributed by atoms with Gasteiger partial charge < -0.3 is 10.1 Å². The van der Waals surface area contributed by atoms with Crippen LogP contribution in [0.4, 0.5) is 11.4 Å². The van der Waals surface area contributed by atoms with Crippen molar-refractivity contribution in [3.63, 3.8) is 0 Å². The van der Waals surface area contributed by atoms with Crippen molar-refractivity contribution >= 4 is 27.3 Å². The average molecular weight is 346 g/mol. The van der Waals surface area contributed by atoms with E-state index in [2.05, 4.69) is 10.0 Å². The topological polar surface area (TPSA) is 84.5 Å². The molecule has 3 rings (SSSR count). The third kappa shape index (κ3) is 3.35. The molecular weight excluding hydrogens is 328 g/mol. The highest BCUT2D eigenvalue weighted by Crippen LogP contribution is 2.31. The zero-order valence-corrected chi connectivity index (χ0v) is 14.2. The molecule has 0 bridgehead atoms. The number of ether oxygens (including phenoxy) is 1. The lowest BCUT2D eigenvalue weighted by Crippen LogP contribution is -2.25. The van der Waals surface area contributed by atoms with Crippen LogP contribution in [0.15, 0.2) is 47.4 Å².